The number of fused-ring (bicyclic) bond motifs is 1. The number of nitrogens with zero attached hydrogens (tertiary/aromatic N) is 4. The van der Waals surface area contributed by atoms with Crippen molar-refractivity contribution >= 4 is 17.9 Å². The van der Waals surface area contributed by atoms with Gasteiger partial charge in [-0.25, -0.2) is 4.79 Å². The van der Waals surface area contributed by atoms with Crippen molar-refractivity contribution in [2.75, 3.05) is 39.8 Å². The number of likely N-dealkylation sites (N-methyl/N-ethyl adjacent to an activating group) is 1. The molecule has 0 spiro atoms. The van der Waals surface area contributed by atoms with Gasteiger partial charge in [0.1, 0.15) is 0 Å². The first-order chi connectivity index (χ1) is 16.7. The summed E-state index contributed by atoms with van der Waals surface area (Å²) in [5.74, 6) is 1.77. The van der Waals surface area contributed by atoms with Crippen LogP contribution in [0.1, 0.15) is 72.6 Å². The molecule has 0 aromatic carbocycles. The summed E-state index contributed by atoms with van der Waals surface area (Å²) < 4.78 is 5.61. The standard InChI is InChI=1S/C27H46N4O4/c1-18(2)35-27(34)30-17-19(3)31(20(4)32)24-11-10-23(16-25(24)30)21-6-8-22(9-7-21)26(33)29-14-12-28(5)13-15-29/h18-19,21-25H,6-17H2,1-5H3/t19-,21?,22?,23?,24?,25?/m0/s1. The zero-order valence-corrected chi connectivity index (χ0v) is 22.4. The molecule has 4 atom stereocenters. The molecule has 0 aromatic heterocycles. The van der Waals surface area contributed by atoms with E-state index in [1.807, 2.05) is 30.6 Å². The summed E-state index contributed by atoms with van der Waals surface area (Å²) in [5.41, 5.74) is 0. The highest BCUT2D eigenvalue weighted by molar-refractivity contribution is 5.79. The van der Waals surface area contributed by atoms with Gasteiger partial charge in [-0.3, -0.25) is 9.59 Å². The fourth-order valence-electron chi connectivity index (χ4n) is 7.23. The Labute approximate surface area is 211 Å². The zero-order valence-electron chi connectivity index (χ0n) is 22.4. The van der Waals surface area contributed by atoms with E-state index >= 15 is 0 Å². The minimum Gasteiger partial charge on any atom is -0.447 e. The quantitative estimate of drug-likeness (QED) is 0.608. The van der Waals surface area contributed by atoms with Crippen LogP contribution >= 0.6 is 0 Å². The van der Waals surface area contributed by atoms with Crippen molar-refractivity contribution in [2.24, 2.45) is 17.8 Å². The number of amides is 3. The summed E-state index contributed by atoms with van der Waals surface area (Å²) in [6, 6.07) is 0.0909. The van der Waals surface area contributed by atoms with Crippen molar-refractivity contribution in [3.8, 4) is 0 Å². The van der Waals surface area contributed by atoms with Crippen LogP contribution in [0.3, 0.4) is 0 Å². The van der Waals surface area contributed by atoms with Gasteiger partial charge in [0.15, 0.2) is 0 Å². The molecule has 3 amide bonds. The van der Waals surface area contributed by atoms with Crippen LogP contribution in [0.4, 0.5) is 4.79 Å². The van der Waals surface area contributed by atoms with Crippen LogP contribution in [0.25, 0.3) is 0 Å². The van der Waals surface area contributed by atoms with Crippen LogP contribution in [0.15, 0.2) is 0 Å². The first-order valence-corrected chi connectivity index (χ1v) is 13.9. The topological polar surface area (TPSA) is 73.4 Å². The predicted molar refractivity (Wildman–Crippen MR) is 135 cm³/mol. The maximum atomic E-state index is 13.1. The fraction of sp³-hybridized carbons (Fsp3) is 0.889. The number of hydrogen-bond acceptors (Lipinski definition) is 5. The highest BCUT2D eigenvalue weighted by Gasteiger charge is 2.48. The first kappa shape index (κ1) is 26.2. The van der Waals surface area contributed by atoms with Crippen molar-refractivity contribution in [1.82, 2.24) is 19.6 Å². The van der Waals surface area contributed by atoms with E-state index < -0.39 is 0 Å². The van der Waals surface area contributed by atoms with Gasteiger partial charge in [-0.1, -0.05) is 0 Å². The molecule has 0 radical (unpaired) electrons. The Morgan fingerprint density at radius 1 is 0.857 bits per heavy atom. The van der Waals surface area contributed by atoms with Crippen LogP contribution in [-0.2, 0) is 14.3 Å². The Kier molecular flexibility index (Phi) is 8.29. The van der Waals surface area contributed by atoms with Gasteiger partial charge in [0.05, 0.1) is 18.2 Å². The highest BCUT2D eigenvalue weighted by atomic mass is 16.6. The number of piperazine rings is 2. The molecular formula is C27H46N4O4. The molecule has 35 heavy (non-hydrogen) atoms. The third-order valence-electron chi connectivity index (χ3n) is 9.05. The Balaban J connectivity index is 1.38. The highest BCUT2D eigenvalue weighted by Crippen LogP contribution is 2.44. The molecule has 2 aliphatic carbocycles. The summed E-state index contributed by atoms with van der Waals surface area (Å²) in [7, 11) is 2.12. The van der Waals surface area contributed by atoms with Crippen molar-refractivity contribution < 1.29 is 19.1 Å². The van der Waals surface area contributed by atoms with E-state index in [1.165, 1.54) is 0 Å². The van der Waals surface area contributed by atoms with Crippen molar-refractivity contribution in [3.63, 3.8) is 0 Å². The number of rotatable bonds is 3. The van der Waals surface area contributed by atoms with Crippen LogP contribution in [0.5, 0.6) is 0 Å². The molecule has 4 rings (SSSR count). The molecule has 0 N–H and O–H groups in total. The molecule has 3 unspecified atom stereocenters. The summed E-state index contributed by atoms with van der Waals surface area (Å²) in [4.78, 5) is 46.9. The second-order valence-corrected chi connectivity index (χ2v) is 11.8. The van der Waals surface area contributed by atoms with E-state index in [9.17, 15) is 14.4 Å². The van der Waals surface area contributed by atoms with Crippen LogP contribution in [-0.4, -0.2) is 102 Å². The normalized spacial score (nSPS) is 34.5. The van der Waals surface area contributed by atoms with Gasteiger partial charge in [-0.15, -0.1) is 0 Å². The number of ether oxygens (including phenoxy) is 1. The molecule has 2 heterocycles. The Morgan fingerprint density at radius 3 is 2.09 bits per heavy atom. The van der Waals surface area contributed by atoms with Gasteiger partial charge in [0.2, 0.25) is 11.8 Å². The van der Waals surface area contributed by atoms with Crippen molar-refractivity contribution in [2.45, 2.75) is 96.9 Å². The Morgan fingerprint density at radius 2 is 1.49 bits per heavy atom. The lowest BCUT2D eigenvalue weighted by molar-refractivity contribution is -0.143. The lowest BCUT2D eigenvalue weighted by Gasteiger charge is -2.54. The number of hydrogen-bond donors (Lipinski definition) is 0. The number of carbonyl (C=O) groups excluding carboxylic acids is 3. The average molecular weight is 491 g/mol. The third kappa shape index (κ3) is 5.78. The molecule has 4 aliphatic rings. The monoisotopic (exact) mass is 490 g/mol. The molecular weight excluding hydrogens is 444 g/mol. The lowest BCUT2D eigenvalue weighted by Crippen LogP contribution is -2.67. The third-order valence-corrected chi connectivity index (χ3v) is 9.05. The summed E-state index contributed by atoms with van der Waals surface area (Å²) in [6.45, 7) is 11.6. The molecule has 2 aliphatic heterocycles. The van der Waals surface area contributed by atoms with E-state index in [1.54, 1.807) is 6.92 Å². The largest absolute Gasteiger partial charge is 0.447 e. The second-order valence-electron chi connectivity index (χ2n) is 11.8. The van der Waals surface area contributed by atoms with Crippen molar-refractivity contribution in [3.05, 3.63) is 0 Å². The molecule has 2 saturated carbocycles. The van der Waals surface area contributed by atoms with E-state index in [2.05, 4.69) is 16.8 Å². The van der Waals surface area contributed by atoms with Crippen LogP contribution < -0.4 is 0 Å². The van der Waals surface area contributed by atoms with Gasteiger partial charge in [0.25, 0.3) is 0 Å². The summed E-state index contributed by atoms with van der Waals surface area (Å²) in [6.07, 6.45) is 6.70. The van der Waals surface area contributed by atoms with E-state index in [4.69, 9.17) is 4.74 Å². The van der Waals surface area contributed by atoms with Gasteiger partial charge in [-0.05, 0) is 84.6 Å². The van der Waals surface area contributed by atoms with Crippen LogP contribution in [0, 0.1) is 17.8 Å². The van der Waals surface area contributed by atoms with Gasteiger partial charge >= 0.3 is 6.09 Å². The molecule has 0 aromatic rings. The lowest BCUT2D eigenvalue weighted by atomic mass is 9.68. The second kappa shape index (κ2) is 11.1. The fourth-order valence-corrected chi connectivity index (χ4v) is 7.23. The average Bonchev–Trinajstić information content (AvgIpc) is 2.82. The maximum Gasteiger partial charge on any atom is 0.410 e. The number of carbonyl (C=O) groups is 3. The van der Waals surface area contributed by atoms with Gasteiger partial charge in [-0.2, -0.15) is 0 Å². The van der Waals surface area contributed by atoms with E-state index in [0.29, 0.717) is 24.3 Å². The van der Waals surface area contributed by atoms with E-state index in [0.717, 1.165) is 71.1 Å². The zero-order chi connectivity index (χ0) is 25.3. The molecule has 198 valence electrons. The summed E-state index contributed by atoms with van der Waals surface area (Å²) in [5, 5.41) is 0. The minimum atomic E-state index is -0.243. The summed E-state index contributed by atoms with van der Waals surface area (Å²) >= 11 is 0. The molecule has 8 heteroatoms. The minimum absolute atomic E-state index is 0.000961. The van der Waals surface area contributed by atoms with E-state index in [-0.39, 0.29) is 42.1 Å². The van der Waals surface area contributed by atoms with Gasteiger partial charge < -0.3 is 24.3 Å². The predicted octanol–water partition coefficient (Wildman–Crippen LogP) is 3.20. The van der Waals surface area contributed by atoms with Crippen molar-refractivity contribution in [1.29, 1.82) is 0 Å². The van der Waals surface area contributed by atoms with Gasteiger partial charge in [0, 0.05) is 51.6 Å². The molecule has 4 fully saturated rings. The molecule has 8 nitrogen and oxygen atoms in total. The SMILES string of the molecule is CC(=O)N1C2CCC(C3CCC(C(=O)N4CCN(C)CC4)CC3)CC2N(C(=O)OC(C)C)C[C@@H]1C. The van der Waals surface area contributed by atoms with Crippen LogP contribution in [0.2, 0.25) is 0 Å². The Hall–Kier alpha value is -1.83. The molecule has 0 bridgehead atoms. The molecule has 2 saturated heterocycles. The smallest absolute Gasteiger partial charge is 0.410 e. The Bertz CT molecular complexity index is 773. The maximum absolute atomic E-state index is 13.1. The first-order valence-electron chi connectivity index (χ1n) is 13.9.